The van der Waals surface area contributed by atoms with Gasteiger partial charge in [0.15, 0.2) is 0 Å². The summed E-state index contributed by atoms with van der Waals surface area (Å²) in [6.45, 7) is 1.68. The predicted octanol–water partition coefficient (Wildman–Crippen LogP) is 1.02. The molecule has 1 aromatic carbocycles. The number of nitrogens with two attached hydrogens (primary N) is 1. The Kier molecular flexibility index (Phi) is 5.06. The first-order valence-corrected chi connectivity index (χ1v) is 8.84. The molecule has 7 nitrogen and oxygen atoms in total. The summed E-state index contributed by atoms with van der Waals surface area (Å²) in [7, 11) is -3.78. The lowest BCUT2D eigenvalue weighted by molar-refractivity contribution is -0.142. The minimum absolute atomic E-state index is 0.0164. The Labute approximate surface area is 134 Å². The summed E-state index contributed by atoms with van der Waals surface area (Å²) in [5, 5.41) is 8.96. The molecule has 0 unspecified atom stereocenters. The van der Waals surface area contributed by atoms with Gasteiger partial charge in [0.2, 0.25) is 15.9 Å². The third kappa shape index (κ3) is 4.08. The van der Waals surface area contributed by atoms with Crippen LogP contribution in [0.1, 0.15) is 41.6 Å². The zero-order valence-corrected chi connectivity index (χ0v) is 13.6. The highest BCUT2D eigenvalue weighted by molar-refractivity contribution is 7.89. The Morgan fingerprint density at radius 1 is 1.22 bits per heavy atom. The van der Waals surface area contributed by atoms with Gasteiger partial charge in [-0.15, -0.1) is 0 Å². The molecule has 0 heterocycles. The minimum atomic E-state index is -3.78. The topological polar surface area (TPSA) is 127 Å². The van der Waals surface area contributed by atoms with Crippen LogP contribution in [0.3, 0.4) is 0 Å². The summed E-state index contributed by atoms with van der Waals surface area (Å²) in [6.07, 6.45) is 1.85. The number of hydrogen-bond acceptors (Lipinski definition) is 4. The largest absolute Gasteiger partial charge is 0.481 e. The molecule has 0 aromatic heterocycles. The molecule has 1 aliphatic rings. The number of carbonyl (C=O) groups excluding carboxylic acids is 1. The molecule has 23 heavy (non-hydrogen) atoms. The van der Waals surface area contributed by atoms with Crippen LogP contribution in [0.15, 0.2) is 23.1 Å². The van der Waals surface area contributed by atoms with Gasteiger partial charge in [-0.1, -0.05) is 6.07 Å². The smallest absolute Gasteiger partial charge is 0.306 e. The van der Waals surface area contributed by atoms with Crippen LogP contribution in [0.25, 0.3) is 0 Å². The van der Waals surface area contributed by atoms with E-state index in [1.807, 2.05) is 0 Å². The third-order valence-electron chi connectivity index (χ3n) is 4.18. The molecule has 1 amide bonds. The van der Waals surface area contributed by atoms with Crippen LogP contribution >= 0.6 is 0 Å². The average Bonchev–Trinajstić information content (AvgIpc) is 2.47. The van der Waals surface area contributed by atoms with Crippen LogP contribution in [0, 0.1) is 12.8 Å². The van der Waals surface area contributed by atoms with E-state index < -0.39 is 27.8 Å². The van der Waals surface area contributed by atoms with Gasteiger partial charge in [0, 0.05) is 11.6 Å². The Morgan fingerprint density at radius 2 is 1.83 bits per heavy atom. The Bertz CT molecular complexity index is 721. The molecule has 0 aliphatic heterocycles. The summed E-state index contributed by atoms with van der Waals surface area (Å²) in [5.41, 5.74) is 6.02. The lowest BCUT2D eigenvalue weighted by Gasteiger charge is -2.26. The molecule has 1 aromatic rings. The number of sulfonamides is 1. The fourth-order valence-electron chi connectivity index (χ4n) is 2.78. The minimum Gasteiger partial charge on any atom is -0.481 e. The fourth-order valence-corrected chi connectivity index (χ4v) is 4.11. The summed E-state index contributed by atoms with van der Waals surface area (Å²) < 4.78 is 27.4. The Hall–Kier alpha value is -1.93. The monoisotopic (exact) mass is 340 g/mol. The maximum Gasteiger partial charge on any atom is 0.306 e. The second-order valence-electron chi connectivity index (χ2n) is 5.85. The van der Waals surface area contributed by atoms with E-state index in [9.17, 15) is 18.0 Å². The van der Waals surface area contributed by atoms with Crippen LogP contribution in [0.2, 0.25) is 0 Å². The van der Waals surface area contributed by atoms with Crippen LogP contribution in [-0.4, -0.2) is 31.4 Å². The van der Waals surface area contributed by atoms with E-state index >= 15 is 0 Å². The van der Waals surface area contributed by atoms with Gasteiger partial charge >= 0.3 is 5.97 Å². The van der Waals surface area contributed by atoms with Crippen molar-refractivity contribution >= 4 is 21.9 Å². The Morgan fingerprint density at radius 3 is 2.35 bits per heavy atom. The highest BCUT2D eigenvalue weighted by atomic mass is 32.2. The molecular formula is C15H20N2O5S. The van der Waals surface area contributed by atoms with Crippen molar-refractivity contribution in [2.24, 2.45) is 11.7 Å². The van der Waals surface area contributed by atoms with Crippen molar-refractivity contribution in [1.29, 1.82) is 0 Å². The lowest BCUT2D eigenvalue weighted by atomic mass is 9.87. The first-order chi connectivity index (χ1) is 10.7. The molecule has 0 atom stereocenters. The molecule has 0 saturated heterocycles. The van der Waals surface area contributed by atoms with Crippen molar-refractivity contribution in [1.82, 2.24) is 4.72 Å². The summed E-state index contributed by atoms with van der Waals surface area (Å²) in [6, 6.07) is 3.93. The zero-order valence-electron chi connectivity index (χ0n) is 12.8. The van der Waals surface area contributed by atoms with Crippen molar-refractivity contribution in [3.63, 3.8) is 0 Å². The molecule has 126 valence electrons. The van der Waals surface area contributed by atoms with E-state index in [4.69, 9.17) is 10.8 Å². The molecule has 0 spiro atoms. The molecule has 1 aliphatic carbocycles. The van der Waals surface area contributed by atoms with Gasteiger partial charge in [0.05, 0.1) is 10.8 Å². The predicted molar refractivity (Wildman–Crippen MR) is 83.4 cm³/mol. The zero-order chi connectivity index (χ0) is 17.2. The number of hydrogen-bond donors (Lipinski definition) is 3. The van der Waals surface area contributed by atoms with Crippen LogP contribution in [0.4, 0.5) is 0 Å². The van der Waals surface area contributed by atoms with Crippen molar-refractivity contribution in [2.75, 3.05) is 0 Å². The van der Waals surface area contributed by atoms with E-state index in [-0.39, 0.29) is 16.5 Å². The van der Waals surface area contributed by atoms with Gasteiger partial charge in [-0.3, -0.25) is 9.59 Å². The van der Waals surface area contributed by atoms with Crippen LogP contribution in [-0.2, 0) is 14.8 Å². The van der Waals surface area contributed by atoms with E-state index in [0.29, 0.717) is 31.2 Å². The first-order valence-electron chi connectivity index (χ1n) is 7.36. The first kappa shape index (κ1) is 17.4. The van der Waals surface area contributed by atoms with Gasteiger partial charge in [-0.2, -0.15) is 0 Å². The second kappa shape index (κ2) is 6.67. The van der Waals surface area contributed by atoms with Crippen molar-refractivity contribution in [3.8, 4) is 0 Å². The highest BCUT2D eigenvalue weighted by Crippen LogP contribution is 2.26. The van der Waals surface area contributed by atoms with E-state index in [2.05, 4.69) is 4.72 Å². The molecular weight excluding hydrogens is 320 g/mol. The molecule has 0 bridgehead atoms. The van der Waals surface area contributed by atoms with E-state index in [0.717, 1.165) is 0 Å². The van der Waals surface area contributed by atoms with Crippen molar-refractivity contribution in [2.45, 2.75) is 43.5 Å². The van der Waals surface area contributed by atoms with Crippen LogP contribution in [0.5, 0.6) is 0 Å². The number of carboxylic acids is 1. The molecule has 4 N–H and O–H groups in total. The number of benzene rings is 1. The molecule has 0 radical (unpaired) electrons. The maximum atomic E-state index is 12.4. The average molecular weight is 340 g/mol. The fraction of sp³-hybridized carbons (Fsp3) is 0.467. The number of rotatable bonds is 5. The second-order valence-corrected chi connectivity index (χ2v) is 7.56. The molecule has 8 heteroatoms. The SMILES string of the molecule is Cc1ccc(S(=O)(=O)NC2CCC(C(=O)O)CC2)cc1C(N)=O. The molecule has 2 rings (SSSR count). The number of nitrogens with one attached hydrogen (secondary N) is 1. The standard InChI is InChI=1S/C15H20N2O5S/c1-9-2-7-12(8-13(9)14(16)18)23(21,22)17-11-5-3-10(4-6-11)15(19)20/h2,7-8,10-11,17H,3-6H2,1H3,(H2,16,18)(H,19,20). The quantitative estimate of drug-likeness (QED) is 0.737. The summed E-state index contributed by atoms with van der Waals surface area (Å²) in [4.78, 5) is 22.2. The maximum absolute atomic E-state index is 12.4. The highest BCUT2D eigenvalue weighted by Gasteiger charge is 2.29. The third-order valence-corrected chi connectivity index (χ3v) is 5.70. The molecule has 1 fully saturated rings. The number of carbonyl (C=O) groups is 2. The number of primary amides is 1. The molecule has 1 saturated carbocycles. The van der Waals surface area contributed by atoms with E-state index in [1.54, 1.807) is 6.92 Å². The van der Waals surface area contributed by atoms with Gasteiger partial charge < -0.3 is 10.8 Å². The summed E-state index contributed by atoms with van der Waals surface area (Å²) >= 11 is 0. The van der Waals surface area contributed by atoms with Crippen molar-refractivity contribution in [3.05, 3.63) is 29.3 Å². The van der Waals surface area contributed by atoms with Gasteiger partial charge in [-0.25, -0.2) is 13.1 Å². The van der Waals surface area contributed by atoms with E-state index in [1.165, 1.54) is 18.2 Å². The summed E-state index contributed by atoms with van der Waals surface area (Å²) in [5.74, 6) is -1.92. The lowest BCUT2D eigenvalue weighted by Crippen LogP contribution is -2.38. The van der Waals surface area contributed by atoms with Crippen LogP contribution < -0.4 is 10.5 Å². The number of amides is 1. The number of carboxylic acid groups (broad SMARTS) is 1. The Balaban J connectivity index is 2.12. The van der Waals surface area contributed by atoms with Gasteiger partial charge in [-0.05, 0) is 50.3 Å². The number of aryl methyl sites for hydroxylation is 1. The normalized spacial score (nSPS) is 21.8. The van der Waals surface area contributed by atoms with Gasteiger partial charge in [0.25, 0.3) is 0 Å². The van der Waals surface area contributed by atoms with Gasteiger partial charge in [0.1, 0.15) is 0 Å². The van der Waals surface area contributed by atoms with Crippen molar-refractivity contribution < 1.29 is 23.1 Å². The number of aliphatic carboxylic acids is 1.